The normalized spacial score (nSPS) is 16.5. The summed E-state index contributed by atoms with van der Waals surface area (Å²) in [7, 11) is 0. The number of rotatable bonds is 9. The third-order valence-electron chi connectivity index (χ3n) is 8.05. The van der Waals surface area contributed by atoms with Crippen LogP contribution in [0.4, 0.5) is 17.1 Å². The summed E-state index contributed by atoms with van der Waals surface area (Å²) in [6, 6.07) is 28.3. The zero-order valence-corrected chi connectivity index (χ0v) is 23.5. The monoisotopic (exact) mass is 532 g/mol. The SMILES string of the molecule is CCCCN(CCCC)c1ccc2c(c1)Oc1c(ccc(C)c1Nc1ccccc1)C21OC(=O)c2ccccc21. The van der Waals surface area contributed by atoms with Crippen molar-refractivity contribution in [2.45, 2.75) is 52.1 Å². The van der Waals surface area contributed by atoms with E-state index >= 15 is 0 Å². The molecule has 1 unspecified atom stereocenters. The van der Waals surface area contributed by atoms with E-state index in [9.17, 15) is 4.79 Å². The van der Waals surface area contributed by atoms with Crippen molar-refractivity contribution < 1.29 is 14.3 Å². The van der Waals surface area contributed by atoms with Crippen LogP contribution in [0.25, 0.3) is 0 Å². The second-order valence-corrected chi connectivity index (χ2v) is 10.7. The molecular weight excluding hydrogens is 496 g/mol. The summed E-state index contributed by atoms with van der Waals surface area (Å²) in [6.45, 7) is 8.51. The lowest BCUT2D eigenvalue weighted by Gasteiger charge is -2.38. The lowest BCUT2D eigenvalue weighted by molar-refractivity contribution is 0.0225. The van der Waals surface area contributed by atoms with Gasteiger partial charge < -0.3 is 19.7 Å². The van der Waals surface area contributed by atoms with Crippen LogP contribution in [0, 0.1) is 6.92 Å². The van der Waals surface area contributed by atoms with Crippen molar-refractivity contribution in [2.75, 3.05) is 23.3 Å². The Bertz CT molecular complexity index is 1540. The maximum absolute atomic E-state index is 13.3. The Labute approximate surface area is 236 Å². The fraction of sp³-hybridized carbons (Fsp3) is 0.286. The first-order valence-corrected chi connectivity index (χ1v) is 14.4. The number of hydrogen-bond acceptors (Lipinski definition) is 5. The molecule has 1 atom stereocenters. The molecule has 2 aliphatic heterocycles. The maximum atomic E-state index is 13.3. The van der Waals surface area contributed by atoms with Gasteiger partial charge in [0.1, 0.15) is 5.75 Å². The number of unbranched alkanes of at least 4 members (excludes halogenated alkanes) is 2. The number of esters is 1. The molecule has 6 rings (SSSR count). The molecule has 0 fully saturated rings. The summed E-state index contributed by atoms with van der Waals surface area (Å²) in [5.41, 5.74) is 6.03. The van der Waals surface area contributed by atoms with Gasteiger partial charge in [-0.05, 0) is 55.7 Å². The molecule has 40 heavy (non-hydrogen) atoms. The van der Waals surface area contributed by atoms with E-state index in [2.05, 4.69) is 55.3 Å². The Balaban J connectivity index is 1.55. The van der Waals surface area contributed by atoms with Crippen molar-refractivity contribution in [2.24, 2.45) is 0 Å². The second kappa shape index (κ2) is 10.7. The molecule has 2 aliphatic rings. The zero-order chi connectivity index (χ0) is 27.7. The summed E-state index contributed by atoms with van der Waals surface area (Å²) in [5, 5.41) is 3.59. The number of ether oxygens (including phenoxy) is 2. The molecule has 4 aromatic carbocycles. The fourth-order valence-corrected chi connectivity index (χ4v) is 5.91. The lowest BCUT2D eigenvalue weighted by Crippen LogP contribution is -2.33. The average Bonchev–Trinajstić information content (AvgIpc) is 3.27. The van der Waals surface area contributed by atoms with Gasteiger partial charge in [-0.1, -0.05) is 75.2 Å². The number of carbonyl (C=O) groups excluding carboxylic acids is 1. The number of nitrogens with zero attached hydrogens (tertiary/aromatic N) is 1. The molecule has 0 aromatic heterocycles. The van der Waals surface area contributed by atoms with Gasteiger partial charge in [-0.2, -0.15) is 0 Å². The average molecular weight is 533 g/mol. The highest BCUT2D eigenvalue weighted by Gasteiger charge is 2.54. The molecule has 0 amide bonds. The number of anilines is 3. The highest BCUT2D eigenvalue weighted by molar-refractivity contribution is 5.97. The molecule has 5 nitrogen and oxygen atoms in total. The van der Waals surface area contributed by atoms with E-state index < -0.39 is 5.60 Å². The van der Waals surface area contributed by atoms with Crippen LogP contribution < -0.4 is 15.0 Å². The maximum Gasteiger partial charge on any atom is 0.340 e. The largest absolute Gasteiger partial charge is 0.454 e. The number of carbonyl (C=O) groups is 1. The number of aryl methyl sites for hydroxylation is 1. The second-order valence-electron chi connectivity index (χ2n) is 10.7. The predicted molar refractivity (Wildman–Crippen MR) is 161 cm³/mol. The summed E-state index contributed by atoms with van der Waals surface area (Å²) in [5.74, 6) is 1.09. The van der Waals surface area contributed by atoms with Gasteiger partial charge in [0.2, 0.25) is 0 Å². The molecule has 0 bridgehead atoms. The van der Waals surface area contributed by atoms with Crippen LogP contribution in [0.15, 0.2) is 84.9 Å². The first-order valence-electron chi connectivity index (χ1n) is 14.4. The molecule has 1 spiro atoms. The molecular formula is C35H36N2O3. The Morgan fingerprint density at radius 3 is 2.25 bits per heavy atom. The van der Waals surface area contributed by atoms with Crippen LogP contribution in [0.1, 0.15) is 72.1 Å². The minimum Gasteiger partial charge on any atom is -0.454 e. The Kier molecular flexibility index (Phi) is 6.97. The van der Waals surface area contributed by atoms with Crippen LogP contribution in [-0.2, 0) is 10.3 Å². The van der Waals surface area contributed by atoms with E-state index in [0.29, 0.717) is 17.1 Å². The number of fused-ring (bicyclic) bond motifs is 6. The minimum atomic E-state index is -1.09. The van der Waals surface area contributed by atoms with Crippen LogP contribution in [0.5, 0.6) is 11.5 Å². The highest BCUT2D eigenvalue weighted by Crippen LogP contribution is 2.58. The quantitative estimate of drug-likeness (QED) is 0.219. The van der Waals surface area contributed by atoms with Gasteiger partial charge >= 0.3 is 5.97 Å². The summed E-state index contributed by atoms with van der Waals surface area (Å²) in [6.07, 6.45) is 4.54. The highest BCUT2D eigenvalue weighted by atomic mass is 16.6. The van der Waals surface area contributed by atoms with E-state index in [4.69, 9.17) is 9.47 Å². The molecule has 204 valence electrons. The van der Waals surface area contributed by atoms with Crippen molar-refractivity contribution in [1.29, 1.82) is 0 Å². The molecule has 0 saturated carbocycles. The smallest absolute Gasteiger partial charge is 0.340 e. The van der Waals surface area contributed by atoms with Gasteiger partial charge in [0.05, 0.1) is 11.3 Å². The van der Waals surface area contributed by atoms with E-state index in [-0.39, 0.29) is 5.97 Å². The predicted octanol–water partition coefficient (Wildman–Crippen LogP) is 8.71. The van der Waals surface area contributed by atoms with Gasteiger partial charge in [-0.15, -0.1) is 0 Å². The fourth-order valence-electron chi connectivity index (χ4n) is 5.91. The molecule has 0 aliphatic carbocycles. The van der Waals surface area contributed by atoms with Crippen molar-refractivity contribution in [3.63, 3.8) is 0 Å². The Morgan fingerprint density at radius 2 is 1.50 bits per heavy atom. The van der Waals surface area contributed by atoms with Gasteiger partial charge in [0, 0.05) is 47.2 Å². The van der Waals surface area contributed by atoms with Crippen molar-refractivity contribution >= 4 is 23.0 Å². The number of benzene rings is 4. The van der Waals surface area contributed by atoms with E-state index in [0.717, 1.165) is 78.1 Å². The molecule has 0 saturated heterocycles. The Morgan fingerprint density at radius 1 is 0.800 bits per heavy atom. The zero-order valence-electron chi connectivity index (χ0n) is 23.5. The first-order chi connectivity index (χ1) is 19.6. The Hall–Kier alpha value is -4.25. The first kappa shape index (κ1) is 26.0. The minimum absolute atomic E-state index is 0.316. The van der Waals surface area contributed by atoms with Gasteiger partial charge in [-0.3, -0.25) is 0 Å². The topological polar surface area (TPSA) is 50.8 Å². The third kappa shape index (κ3) is 4.30. The summed E-state index contributed by atoms with van der Waals surface area (Å²) < 4.78 is 13.2. The molecule has 4 aromatic rings. The molecule has 5 heteroatoms. The van der Waals surface area contributed by atoms with E-state index in [1.807, 2.05) is 60.7 Å². The van der Waals surface area contributed by atoms with Crippen LogP contribution in [0.3, 0.4) is 0 Å². The van der Waals surface area contributed by atoms with Crippen LogP contribution in [0.2, 0.25) is 0 Å². The van der Waals surface area contributed by atoms with Gasteiger partial charge in [0.25, 0.3) is 0 Å². The summed E-state index contributed by atoms with van der Waals surface area (Å²) in [4.78, 5) is 15.8. The molecule has 1 N–H and O–H groups in total. The van der Waals surface area contributed by atoms with Crippen molar-refractivity contribution in [3.8, 4) is 11.5 Å². The van der Waals surface area contributed by atoms with Crippen molar-refractivity contribution in [3.05, 3.63) is 113 Å². The van der Waals surface area contributed by atoms with E-state index in [1.54, 1.807) is 0 Å². The number of nitrogens with one attached hydrogen (secondary N) is 1. The third-order valence-corrected chi connectivity index (χ3v) is 8.05. The van der Waals surface area contributed by atoms with E-state index in [1.165, 1.54) is 0 Å². The number of hydrogen-bond donors (Lipinski definition) is 1. The summed E-state index contributed by atoms with van der Waals surface area (Å²) >= 11 is 0. The molecule has 0 radical (unpaired) electrons. The van der Waals surface area contributed by atoms with Crippen LogP contribution >= 0.6 is 0 Å². The molecule has 2 heterocycles. The van der Waals surface area contributed by atoms with Crippen LogP contribution in [-0.4, -0.2) is 19.1 Å². The van der Waals surface area contributed by atoms with Gasteiger partial charge in [0.15, 0.2) is 11.4 Å². The van der Waals surface area contributed by atoms with Gasteiger partial charge in [-0.25, -0.2) is 4.79 Å². The number of para-hydroxylation sites is 1. The standard InChI is InChI=1S/C35H36N2O3/c1-4-6-21-37(22-7-5-2)26-18-20-29-31(23-26)39-33-30(35(29)28-16-12-11-15-27(28)34(38)40-35)19-17-24(3)32(33)36-25-13-9-8-10-14-25/h8-20,23,36H,4-7,21-22H2,1-3H3. The lowest BCUT2D eigenvalue weighted by atomic mass is 9.77. The van der Waals surface area contributed by atoms with Crippen molar-refractivity contribution in [1.82, 2.24) is 0 Å².